The van der Waals surface area contributed by atoms with Crippen molar-refractivity contribution in [3.05, 3.63) is 95.3 Å². The van der Waals surface area contributed by atoms with Crippen LogP contribution in [-0.4, -0.2) is 22.3 Å². The van der Waals surface area contributed by atoms with Crippen LogP contribution in [0.5, 0.6) is 0 Å². The lowest BCUT2D eigenvalue weighted by Crippen LogP contribution is -2.19. The van der Waals surface area contributed by atoms with Gasteiger partial charge in [0.05, 0.1) is 0 Å². The zero-order valence-corrected chi connectivity index (χ0v) is 14.6. The third-order valence-corrected chi connectivity index (χ3v) is 4.75. The number of carbonyl (C=O) groups excluding carboxylic acids is 1. The first-order chi connectivity index (χ1) is 12.8. The Hall–Kier alpha value is -2.98. The molecule has 1 amide bonds. The molecule has 0 fully saturated rings. The van der Waals surface area contributed by atoms with E-state index in [0.717, 1.165) is 31.7 Å². The van der Waals surface area contributed by atoms with Gasteiger partial charge in [0.2, 0.25) is 0 Å². The van der Waals surface area contributed by atoms with Gasteiger partial charge in [-0.3, -0.25) is 14.7 Å². The highest BCUT2D eigenvalue weighted by atomic mass is 16.1. The van der Waals surface area contributed by atoms with E-state index in [9.17, 15) is 4.79 Å². The SMILES string of the molecule is O=C(Nc1ccc2c(c1)CN(CCc1ccccc1)C2)c1ccncc1. The Labute approximate surface area is 153 Å². The molecule has 2 heterocycles. The molecule has 0 bridgehead atoms. The molecule has 1 N–H and O–H groups in total. The van der Waals surface area contributed by atoms with Crippen LogP contribution in [0.15, 0.2) is 73.1 Å². The van der Waals surface area contributed by atoms with Gasteiger partial charge in [0.1, 0.15) is 0 Å². The first kappa shape index (κ1) is 16.5. The molecule has 26 heavy (non-hydrogen) atoms. The Morgan fingerprint density at radius 3 is 2.54 bits per heavy atom. The second-order valence-corrected chi connectivity index (χ2v) is 6.62. The van der Waals surface area contributed by atoms with Crippen LogP contribution >= 0.6 is 0 Å². The van der Waals surface area contributed by atoms with E-state index in [4.69, 9.17) is 0 Å². The number of fused-ring (bicyclic) bond motifs is 1. The molecule has 0 saturated carbocycles. The summed E-state index contributed by atoms with van der Waals surface area (Å²) in [6.07, 6.45) is 4.31. The van der Waals surface area contributed by atoms with Gasteiger partial charge in [-0.2, -0.15) is 0 Å². The molecule has 0 atom stereocenters. The highest BCUT2D eigenvalue weighted by Gasteiger charge is 2.19. The normalized spacial score (nSPS) is 13.4. The van der Waals surface area contributed by atoms with E-state index in [-0.39, 0.29) is 5.91 Å². The van der Waals surface area contributed by atoms with Crippen LogP contribution in [0.25, 0.3) is 0 Å². The van der Waals surface area contributed by atoms with Crippen LogP contribution in [0, 0.1) is 0 Å². The summed E-state index contributed by atoms with van der Waals surface area (Å²) in [6, 6.07) is 20.2. The van der Waals surface area contributed by atoms with Gasteiger partial charge >= 0.3 is 0 Å². The summed E-state index contributed by atoms with van der Waals surface area (Å²) in [5, 5.41) is 2.98. The Balaban J connectivity index is 1.38. The predicted molar refractivity (Wildman–Crippen MR) is 103 cm³/mol. The van der Waals surface area contributed by atoms with E-state index < -0.39 is 0 Å². The van der Waals surface area contributed by atoms with Crippen molar-refractivity contribution in [3.63, 3.8) is 0 Å². The van der Waals surface area contributed by atoms with Crippen LogP contribution in [0.1, 0.15) is 27.0 Å². The fourth-order valence-corrected chi connectivity index (χ4v) is 3.34. The van der Waals surface area contributed by atoms with E-state index >= 15 is 0 Å². The smallest absolute Gasteiger partial charge is 0.255 e. The number of hydrogen-bond donors (Lipinski definition) is 1. The molecule has 1 aliphatic heterocycles. The number of rotatable bonds is 5. The van der Waals surface area contributed by atoms with Gasteiger partial charge in [0.15, 0.2) is 0 Å². The molecule has 0 unspecified atom stereocenters. The molecule has 1 aromatic heterocycles. The summed E-state index contributed by atoms with van der Waals surface area (Å²) < 4.78 is 0. The predicted octanol–water partition coefficient (Wildman–Crippen LogP) is 3.89. The third kappa shape index (κ3) is 3.81. The lowest BCUT2D eigenvalue weighted by molar-refractivity contribution is 0.102. The van der Waals surface area contributed by atoms with E-state index in [0.29, 0.717) is 5.56 Å². The fourth-order valence-electron chi connectivity index (χ4n) is 3.34. The average molecular weight is 343 g/mol. The van der Waals surface area contributed by atoms with Gasteiger partial charge in [-0.25, -0.2) is 0 Å². The minimum absolute atomic E-state index is 0.105. The Kier molecular flexibility index (Phi) is 4.75. The van der Waals surface area contributed by atoms with Crippen molar-refractivity contribution < 1.29 is 4.79 Å². The standard InChI is InChI=1S/C22H21N3O/c26-22(18-8-11-23-12-9-18)24-21-7-6-19-15-25(16-20(19)14-21)13-10-17-4-2-1-3-5-17/h1-9,11-12,14H,10,13,15-16H2,(H,24,26). The minimum Gasteiger partial charge on any atom is -0.322 e. The number of benzene rings is 2. The molecule has 1 aliphatic rings. The molecule has 2 aromatic carbocycles. The number of nitrogens with one attached hydrogen (secondary N) is 1. The minimum atomic E-state index is -0.105. The second kappa shape index (κ2) is 7.50. The van der Waals surface area contributed by atoms with Crippen molar-refractivity contribution in [3.8, 4) is 0 Å². The first-order valence-electron chi connectivity index (χ1n) is 8.87. The van der Waals surface area contributed by atoms with Crippen LogP contribution in [0.4, 0.5) is 5.69 Å². The third-order valence-electron chi connectivity index (χ3n) is 4.75. The van der Waals surface area contributed by atoms with E-state index in [1.54, 1.807) is 24.5 Å². The largest absolute Gasteiger partial charge is 0.322 e. The molecule has 0 saturated heterocycles. The quantitative estimate of drug-likeness (QED) is 0.764. The molecular weight excluding hydrogens is 322 g/mol. The summed E-state index contributed by atoms with van der Waals surface area (Å²) in [5.41, 5.74) is 5.47. The molecule has 0 aliphatic carbocycles. The van der Waals surface area contributed by atoms with Crippen molar-refractivity contribution in [2.45, 2.75) is 19.5 Å². The molecular formula is C22H21N3O. The van der Waals surface area contributed by atoms with Gasteiger partial charge < -0.3 is 5.32 Å². The lowest BCUT2D eigenvalue weighted by Gasteiger charge is -2.14. The number of carbonyl (C=O) groups is 1. The van der Waals surface area contributed by atoms with Crippen LogP contribution in [-0.2, 0) is 19.5 Å². The number of amides is 1. The molecule has 4 nitrogen and oxygen atoms in total. The number of anilines is 1. The Bertz CT molecular complexity index is 894. The summed E-state index contributed by atoms with van der Waals surface area (Å²) in [6.45, 7) is 2.94. The highest BCUT2D eigenvalue weighted by molar-refractivity contribution is 6.04. The zero-order valence-electron chi connectivity index (χ0n) is 14.6. The van der Waals surface area contributed by atoms with Gasteiger partial charge in [-0.05, 0) is 47.4 Å². The summed E-state index contributed by atoms with van der Waals surface area (Å²) >= 11 is 0. The monoisotopic (exact) mass is 343 g/mol. The topological polar surface area (TPSA) is 45.2 Å². The average Bonchev–Trinajstić information content (AvgIpc) is 3.10. The Morgan fingerprint density at radius 1 is 0.962 bits per heavy atom. The van der Waals surface area contributed by atoms with Gasteiger partial charge in [-0.15, -0.1) is 0 Å². The molecule has 4 rings (SSSR count). The lowest BCUT2D eigenvalue weighted by atomic mass is 10.1. The maximum absolute atomic E-state index is 12.3. The maximum atomic E-state index is 12.3. The number of pyridine rings is 1. The first-order valence-corrected chi connectivity index (χ1v) is 8.87. The molecule has 130 valence electrons. The van der Waals surface area contributed by atoms with Crippen LogP contribution in [0.2, 0.25) is 0 Å². The van der Waals surface area contributed by atoms with Crippen molar-refractivity contribution >= 4 is 11.6 Å². The van der Waals surface area contributed by atoms with Gasteiger partial charge in [-0.1, -0.05) is 36.4 Å². The van der Waals surface area contributed by atoms with E-state index in [1.165, 1.54) is 16.7 Å². The summed E-state index contributed by atoms with van der Waals surface area (Å²) in [7, 11) is 0. The van der Waals surface area contributed by atoms with Crippen molar-refractivity contribution in [2.24, 2.45) is 0 Å². The van der Waals surface area contributed by atoms with Gasteiger partial charge in [0, 0.05) is 43.3 Å². The van der Waals surface area contributed by atoms with Crippen molar-refractivity contribution in [2.75, 3.05) is 11.9 Å². The van der Waals surface area contributed by atoms with Crippen LogP contribution < -0.4 is 5.32 Å². The number of hydrogen-bond acceptors (Lipinski definition) is 3. The molecule has 3 aromatic rings. The number of aromatic nitrogens is 1. The molecule has 0 radical (unpaired) electrons. The second-order valence-electron chi connectivity index (χ2n) is 6.62. The summed E-state index contributed by atoms with van der Waals surface area (Å²) in [4.78, 5) is 18.7. The van der Waals surface area contributed by atoms with Crippen molar-refractivity contribution in [1.82, 2.24) is 9.88 Å². The van der Waals surface area contributed by atoms with Crippen molar-refractivity contribution in [1.29, 1.82) is 0 Å². The van der Waals surface area contributed by atoms with Gasteiger partial charge in [0.25, 0.3) is 5.91 Å². The highest BCUT2D eigenvalue weighted by Crippen LogP contribution is 2.26. The number of nitrogens with zero attached hydrogens (tertiary/aromatic N) is 2. The fraction of sp³-hybridized carbons (Fsp3) is 0.182. The zero-order chi connectivity index (χ0) is 17.8. The Morgan fingerprint density at radius 2 is 1.73 bits per heavy atom. The van der Waals surface area contributed by atoms with E-state index in [2.05, 4.69) is 57.7 Å². The molecule has 0 spiro atoms. The summed E-state index contributed by atoms with van der Waals surface area (Å²) in [5.74, 6) is -0.105. The van der Waals surface area contributed by atoms with E-state index in [1.807, 2.05) is 6.07 Å². The molecule has 4 heteroatoms. The van der Waals surface area contributed by atoms with Crippen LogP contribution in [0.3, 0.4) is 0 Å². The maximum Gasteiger partial charge on any atom is 0.255 e.